The van der Waals surface area contributed by atoms with Crippen molar-refractivity contribution in [2.45, 2.75) is 32.2 Å². The zero-order valence-electron chi connectivity index (χ0n) is 9.98. The Balaban J connectivity index is 2.22. The number of nitrogens with zero attached hydrogens (tertiary/aromatic N) is 1. The molecular formula is C12H19NO2Si. The van der Waals surface area contributed by atoms with Crippen LogP contribution in [0.15, 0.2) is 24.4 Å². The van der Waals surface area contributed by atoms with Gasteiger partial charge < -0.3 is 9.47 Å². The van der Waals surface area contributed by atoms with E-state index in [2.05, 4.69) is 11.1 Å². The molecule has 0 aliphatic rings. The molecule has 0 fully saturated rings. The van der Waals surface area contributed by atoms with Crippen molar-refractivity contribution in [1.29, 1.82) is 0 Å². The maximum absolute atomic E-state index is 5.49. The van der Waals surface area contributed by atoms with Crippen LogP contribution >= 0.6 is 0 Å². The molecule has 1 aromatic rings. The van der Waals surface area contributed by atoms with Gasteiger partial charge in [-0.25, -0.2) is 0 Å². The third-order valence-electron chi connectivity index (χ3n) is 2.05. The molecule has 0 aliphatic carbocycles. The highest BCUT2D eigenvalue weighted by molar-refractivity contribution is 6.36. The van der Waals surface area contributed by atoms with E-state index in [-0.39, 0.29) is 5.91 Å². The summed E-state index contributed by atoms with van der Waals surface area (Å²) >= 11 is 0. The largest absolute Gasteiger partial charge is 0.357 e. The summed E-state index contributed by atoms with van der Waals surface area (Å²) in [6.45, 7) is 5.41. The van der Waals surface area contributed by atoms with Crippen molar-refractivity contribution < 1.29 is 9.47 Å². The maximum atomic E-state index is 5.49. The summed E-state index contributed by atoms with van der Waals surface area (Å²) in [5.41, 5.74) is 1.14. The first kappa shape index (κ1) is 13.4. The van der Waals surface area contributed by atoms with Crippen LogP contribution in [0.2, 0.25) is 6.04 Å². The van der Waals surface area contributed by atoms with Crippen molar-refractivity contribution >= 4 is 9.52 Å². The molecule has 1 aromatic heterocycles. The van der Waals surface area contributed by atoms with Gasteiger partial charge in [0.1, 0.15) is 15.4 Å². The predicted octanol–water partition coefficient (Wildman–Crippen LogP) is 2.10. The lowest BCUT2D eigenvalue weighted by molar-refractivity contribution is -0.0827. The second-order valence-electron chi connectivity index (χ2n) is 3.27. The van der Waals surface area contributed by atoms with Gasteiger partial charge in [0.05, 0.1) is 0 Å². The summed E-state index contributed by atoms with van der Waals surface area (Å²) in [6, 6.07) is 7.09. The van der Waals surface area contributed by atoms with Crippen LogP contribution in [-0.2, 0) is 15.9 Å². The fourth-order valence-electron chi connectivity index (χ4n) is 1.33. The number of aromatic nitrogens is 1. The first-order valence-electron chi connectivity index (χ1n) is 5.73. The lowest BCUT2D eigenvalue weighted by atomic mass is 10.3. The average molecular weight is 237 g/mol. The lowest BCUT2D eigenvalue weighted by Crippen LogP contribution is -2.24. The van der Waals surface area contributed by atoms with Gasteiger partial charge in [0.15, 0.2) is 0 Å². The van der Waals surface area contributed by atoms with Crippen LogP contribution in [0.25, 0.3) is 0 Å². The summed E-state index contributed by atoms with van der Waals surface area (Å²) in [5, 5.41) is 0. The van der Waals surface area contributed by atoms with Crippen LogP contribution in [0.1, 0.15) is 19.5 Å². The molecule has 0 saturated heterocycles. The van der Waals surface area contributed by atoms with E-state index in [4.69, 9.17) is 9.47 Å². The van der Waals surface area contributed by atoms with E-state index in [0.717, 1.165) is 18.2 Å². The predicted molar refractivity (Wildman–Crippen MR) is 65.5 cm³/mol. The van der Waals surface area contributed by atoms with E-state index in [1.807, 2.05) is 32.2 Å². The van der Waals surface area contributed by atoms with Crippen molar-refractivity contribution in [3.63, 3.8) is 0 Å². The molecule has 88 valence electrons. The highest BCUT2D eigenvalue weighted by atomic mass is 28.2. The highest BCUT2D eigenvalue weighted by Gasteiger charge is 2.08. The van der Waals surface area contributed by atoms with Crippen molar-refractivity contribution in [2.75, 3.05) is 13.2 Å². The van der Waals surface area contributed by atoms with E-state index in [9.17, 15) is 0 Å². The molecule has 0 unspecified atom stereocenters. The molecule has 16 heavy (non-hydrogen) atoms. The van der Waals surface area contributed by atoms with Crippen LogP contribution in [0, 0.1) is 0 Å². The molecule has 0 aromatic carbocycles. The van der Waals surface area contributed by atoms with E-state index in [1.54, 1.807) is 0 Å². The number of rotatable bonds is 8. The summed E-state index contributed by atoms with van der Waals surface area (Å²) < 4.78 is 11.0. The molecule has 0 bridgehead atoms. The molecular weight excluding hydrogens is 218 g/mol. The zero-order chi connectivity index (χ0) is 11.6. The Morgan fingerprint density at radius 1 is 1.25 bits per heavy atom. The Morgan fingerprint density at radius 3 is 2.56 bits per heavy atom. The topological polar surface area (TPSA) is 31.4 Å². The van der Waals surface area contributed by atoms with Gasteiger partial charge in [0.25, 0.3) is 0 Å². The van der Waals surface area contributed by atoms with Crippen LogP contribution < -0.4 is 0 Å². The van der Waals surface area contributed by atoms with E-state index < -0.39 is 0 Å². The van der Waals surface area contributed by atoms with E-state index in [1.165, 1.54) is 0 Å². The number of ether oxygens (including phenoxy) is 2. The standard InChI is InChI=1S/C12H19NO2Si/c1-3-14-12(15-4-2)16-10-8-11-7-5-6-9-13-11/h5-7,9,12H,3-4,8,10H2,1-2H3. The summed E-state index contributed by atoms with van der Waals surface area (Å²) in [4.78, 5) is 4.29. The zero-order valence-corrected chi connectivity index (χ0v) is 11.0. The monoisotopic (exact) mass is 237 g/mol. The SMILES string of the molecule is CCOC(OCC)[Si]CCc1ccccn1. The molecule has 0 N–H and O–H groups in total. The fraction of sp³-hybridized carbons (Fsp3) is 0.583. The molecule has 4 heteroatoms. The van der Waals surface area contributed by atoms with Crippen molar-refractivity contribution in [1.82, 2.24) is 4.98 Å². The minimum atomic E-state index is -0.0290. The quantitative estimate of drug-likeness (QED) is 0.512. The van der Waals surface area contributed by atoms with Gasteiger partial charge in [-0.1, -0.05) is 12.1 Å². The molecule has 0 atom stereocenters. The van der Waals surface area contributed by atoms with Gasteiger partial charge in [0, 0.05) is 25.1 Å². The second-order valence-corrected chi connectivity index (χ2v) is 4.65. The second kappa shape index (κ2) is 8.44. The van der Waals surface area contributed by atoms with Crippen LogP contribution in [0.3, 0.4) is 0 Å². The Labute approximate surface area is 100 Å². The molecule has 3 nitrogen and oxygen atoms in total. The van der Waals surface area contributed by atoms with Gasteiger partial charge in [-0.3, -0.25) is 4.98 Å². The Hall–Kier alpha value is -0.713. The average Bonchev–Trinajstić information content (AvgIpc) is 2.31. The van der Waals surface area contributed by atoms with Gasteiger partial charge in [-0.15, -0.1) is 0 Å². The summed E-state index contributed by atoms with van der Waals surface area (Å²) in [7, 11) is 0.678. The third kappa shape index (κ3) is 5.39. The number of pyridine rings is 1. The van der Waals surface area contributed by atoms with Gasteiger partial charge >= 0.3 is 0 Å². The van der Waals surface area contributed by atoms with Gasteiger partial charge in [-0.2, -0.15) is 0 Å². The van der Waals surface area contributed by atoms with Crippen molar-refractivity contribution in [3.05, 3.63) is 30.1 Å². The number of hydrogen-bond donors (Lipinski definition) is 0. The maximum Gasteiger partial charge on any atom is 0.137 e. The molecule has 0 saturated carbocycles. The molecule has 0 amide bonds. The molecule has 1 heterocycles. The minimum absolute atomic E-state index is 0.0290. The molecule has 0 spiro atoms. The summed E-state index contributed by atoms with van der Waals surface area (Å²) in [6.07, 6.45) is 2.83. The van der Waals surface area contributed by atoms with Crippen LogP contribution in [-0.4, -0.2) is 33.6 Å². The first-order valence-corrected chi connectivity index (χ1v) is 7.01. The third-order valence-corrected chi connectivity index (χ3v) is 3.26. The lowest BCUT2D eigenvalue weighted by Gasteiger charge is -2.15. The molecule has 1 rings (SSSR count). The Bertz CT molecular complexity index is 263. The Kier molecular flexibility index (Phi) is 7.04. The molecule has 0 aliphatic heterocycles. The van der Waals surface area contributed by atoms with E-state index in [0.29, 0.717) is 22.7 Å². The Morgan fingerprint density at radius 2 is 2.00 bits per heavy atom. The normalized spacial score (nSPS) is 10.9. The van der Waals surface area contributed by atoms with Gasteiger partial charge in [0.2, 0.25) is 0 Å². The summed E-state index contributed by atoms with van der Waals surface area (Å²) in [5.74, 6) is -0.0290. The fourth-order valence-corrected chi connectivity index (χ4v) is 2.54. The van der Waals surface area contributed by atoms with Crippen molar-refractivity contribution in [2.24, 2.45) is 0 Å². The van der Waals surface area contributed by atoms with Crippen molar-refractivity contribution in [3.8, 4) is 0 Å². The van der Waals surface area contributed by atoms with E-state index >= 15 is 0 Å². The minimum Gasteiger partial charge on any atom is -0.357 e. The van der Waals surface area contributed by atoms with Crippen LogP contribution in [0.5, 0.6) is 0 Å². The van der Waals surface area contributed by atoms with Gasteiger partial charge in [-0.05, 0) is 32.4 Å². The number of aryl methyl sites for hydroxylation is 1. The highest BCUT2D eigenvalue weighted by Crippen LogP contribution is 2.02. The van der Waals surface area contributed by atoms with Crippen LogP contribution in [0.4, 0.5) is 0 Å². The smallest absolute Gasteiger partial charge is 0.137 e. The number of hydrogen-bond acceptors (Lipinski definition) is 3. The molecule has 2 radical (unpaired) electrons. The first-order chi connectivity index (χ1) is 7.86.